The molecule has 0 fully saturated rings. The molecule has 0 atom stereocenters. The molecular formula is C8H14N4O. The number of H-pyrrole nitrogens is 1. The second kappa shape index (κ2) is 4.61. The van der Waals surface area contributed by atoms with Gasteiger partial charge in [0.1, 0.15) is 5.82 Å². The molecule has 0 aliphatic carbocycles. The van der Waals surface area contributed by atoms with E-state index in [4.69, 9.17) is 0 Å². The van der Waals surface area contributed by atoms with E-state index in [1.54, 1.807) is 31.4 Å². The van der Waals surface area contributed by atoms with Crippen molar-refractivity contribution in [2.45, 2.75) is 6.54 Å². The van der Waals surface area contributed by atoms with E-state index < -0.39 is 0 Å². The molecule has 72 valence electrons. The lowest BCUT2D eigenvalue weighted by atomic mass is 10.5. The third-order valence-electron chi connectivity index (χ3n) is 1.62. The van der Waals surface area contributed by atoms with E-state index >= 15 is 0 Å². The Balaban J connectivity index is 2.18. The first-order valence-corrected chi connectivity index (χ1v) is 4.09. The van der Waals surface area contributed by atoms with Gasteiger partial charge in [-0.05, 0) is 0 Å². The number of rotatable bonds is 4. The van der Waals surface area contributed by atoms with Gasteiger partial charge >= 0.3 is 0 Å². The van der Waals surface area contributed by atoms with Crippen molar-refractivity contribution in [1.82, 2.24) is 20.2 Å². The van der Waals surface area contributed by atoms with Gasteiger partial charge in [0, 0.05) is 26.5 Å². The minimum Gasteiger partial charge on any atom is -0.348 e. The van der Waals surface area contributed by atoms with Gasteiger partial charge in [-0.1, -0.05) is 0 Å². The van der Waals surface area contributed by atoms with Crippen LogP contribution in [0.3, 0.4) is 0 Å². The molecule has 5 nitrogen and oxygen atoms in total. The fraction of sp³-hybridized carbons (Fsp3) is 0.500. The number of amides is 1. The Kier molecular flexibility index (Phi) is 3.45. The first-order valence-electron chi connectivity index (χ1n) is 4.09. The third kappa shape index (κ3) is 3.25. The molecule has 1 amide bonds. The fourth-order valence-corrected chi connectivity index (χ4v) is 0.841. The molecule has 1 aromatic rings. The lowest BCUT2D eigenvalue weighted by Crippen LogP contribution is -2.32. The van der Waals surface area contributed by atoms with Crippen molar-refractivity contribution in [2.75, 3.05) is 20.6 Å². The molecule has 0 unspecified atom stereocenters. The second-order valence-electron chi connectivity index (χ2n) is 2.93. The Bertz CT molecular complexity index is 255. The van der Waals surface area contributed by atoms with Crippen LogP contribution < -0.4 is 5.32 Å². The van der Waals surface area contributed by atoms with Crippen molar-refractivity contribution in [2.24, 2.45) is 0 Å². The highest BCUT2D eigenvalue weighted by Crippen LogP contribution is 1.86. The number of aromatic amines is 1. The predicted molar refractivity (Wildman–Crippen MR) is 49.0 cm³/mol. The summed E-state index contributed by atoms with van der Waals surface area (Å²) in [6.07, 6.45) is 3.44. The molecule has 13 heavy (non-hydrogen) atoms. The molecule has 0 aliphatic rings. The molecule has 1 rings (SSSR count). The second-order valence-corrected chi connectivity index (χ2v) is 2.93. The average Bonchev–Trinajstić information content (AvgIpc) is 2.56. The van der Waals surface area contributed by atoms with E-state index in [-0.39, 0.29) is 5.91 Å². The normalized spacial score (nSPS) is 10.0. The zero-order valence-corrected chi connectivity index (χ0v) is 7.87. The van der Waals surface area contributed by atoms with Crippen molar-refractivity contribution >= 4 is 5.91 Å². The van der Waals surface area contributed by atoms with Gasteiger partial charge in [-0.3, -0.25) is 4.79 Å². The van der Waals surface area contributed by atoms with Crippen LogP contribution in [0.4, 0.5) is 0 Å². The van der Waals surface area contributed by atoms with E-state index in [9.17, 15) is 4.79 Å². The fourth-order valence-electron chi connectivity index (χ4n) is 0.841. The molecular weight excluding hydrogens is 168 g/mol. The lowest BCUT2D eigenvalue weighted by Gasteiger charge is -2.09. The highest BCUT2D eigenvalue weighted by Gasteiger charge is 2.02. The molecule has 0 aromatic carbocycles. The summed E-state index contributed by atoms with van der Waals surface area (Å²) >= 11 is 0. The molecule has 0 aliphatic heterocycles. The monoisotopic (exact) mass is 182 g/mol. The van der Waals surface area contributed by atoms with E-state index in [1.165, 1.54) is 0 Å². The first-order chi connectivity index (χ1) is 6.20. The molecule has 0 bridgehead atoms. The molecule has 5 heteroatoms. The van der Waals surface area contributed by atoms with E-state index in [1.807, 2.05) is 0 Å². The Hall–Kier alpha value is -1.36. The van der Waals surface area contributed by atoms with Crippen LogP contribution >= 0.6 is 0 Å². The zero-order valence-electron chi connectivity index (χ0n) is 7.87. The molecule has 0 spiro atoms. The molecule has 0 saturated heterocycles. The van der Waals surface area contributed by atoms with Crippen LogP contribution in [0.5, 0.6) is 0 Å². The van der Waals surface area contributed by atoms with Gasteiger partial charge in [-0.15, -0.1) is 0 Å². The van der Waals surface area contributed by atoms with E-state index in [0.29, 0.717) is 13.1 Å². The molecule has 0 saturated carbocycles. The van der Waals surface area contributed by atoms with Crippen LogP contribution in [-0.2, 0) is 11.3 Å². The van der Waals surface area contributed by atoms with Gasteiger partial charge in [0.25, 0.3) is 0 Å². The number of likely N-dealkylation sites (N-methyl/N-ethyl adjacent to an activating group) is 1. The lowest BCUT2D eigenvalue weighted by molar-refractivity contribution is -0.127. The molecule has 0 radical (unpaired) electrons. The number of carbonyl (C=O) groups is 1. The van der Waals surface area contributed by atoms with Gasteiger partial charge in [0.15, 0.2) is 0 Å². The number of nitrogens with zero attached hydrogens (tertiary/aromatic N) is 2. The van der Waals surface area contributed by atoms with Gasteiger partial charge in [-0.25, -0.2) is 4.98 Å². The standard InChI is InChI=1S/C8H14N4O/c1-12(2)8(13)6-9-5-7-10-3-4-11-7/h3-4,9H,5-6H2,1-2H3,(H,10,11). The summed E-state index contributed by atoms with van der Waals surface area (Å²) in [5, 5.41) is 2.98. The molecule has 2 N–H and O–H groups in total. The Labute approximate surface area is 77.2 Å². The van der Waals surface area contributed by atoms with Gasteiger partial charge < -0.3 is 15.2 Å². The number of aromatic nitrogens is 2. The number of hydrogen-bond acceptors (Lipinski definition) is 3. The number of carbonyl (C=O) groups excluding carboxylic acids is 1. The summed E-state index contributed by atoms with van der Waals surface area (Å²) < 4.78 is 0. The van der Waals surface area contributed by atoms with Crippen LogP contribution in [0.2, 0.25) is 0 Å². The molecule has 1 aromatic heterocycles. The maximum absolute atomic E-state index is 11.1. The van der Waals surface area contributed by atoms with Crippen molar-refractivity contribution in [3.8, 4) is 0 Å². The number of imidazole rings is 1. The summed E-state index contributed by atoms with van der Waals surface area (Å²) in [6, 6.07) is 0. The van der Waals surface area contributed by atoms with Gasteiger partial charge in [0.05, 0.1) is 13.1 Å². The minimum atomic E-state index is 0.0616. The largest absolute Gasteiger partial charge is 0.348 e. The van der Waals surface area contributed by atoms with Crippen molar-refractivity contribution < 1.29 is 4.79 Å². The van der Waals surface area contributed by atoms with Crippen molar-refractivity contribution in [3.63, 3.8) is 0 Å². The molecule has 1 heterocycles. The quantitative estimate of drug-likeness (QED) is 0.665. The Morgan fingerprint density at radius 2 is 2.46 bits per heavy atom. The van der Waals surface area contributed by atoms with Crippen LogP contribution in [0.15, 0.2) is 12.4 Å². The number of hydrogen-bond donors (Lipinski definition) is 2. The smallest absolute Gasteiger partial charge is 0.236 e. The minimum absolute atomic E-state index is 0.0616. The Morgan fingerprint density at radius 3 is 3.00 bits per heavy atom. The van der Waals surface area contributed by atoms with Crippen LogP contribution in [0.1, 0.15) is 5.82 Å². The maximum atomic E-state index is 11.1. The average molecular weight is 182 g/mol. The zero-order chi connectivity index (χ0) is 9.68. The van der Waals surface area contributed by atoms with Crippen molar-refractivity contribution in [1.29, 1.82) is 0 Å². The van der Waals surface area contributed by atoms with Crippen LogP contribution in [0.25, 0.3) is 0 Å². The van der Waals surface area contributed by atoms with Gasteiger partial charge in [-0.2, -0.15) is 0 Å². The van der Waals surface area contributed by atoms with E-state index in [2.05, 4.69) is 15.3 Å². The maximum Gasteiger partial charge on any atom is 0.236 e. The summed E-state index contributed by atoms with van der Waals surface area (Å²) in [5.41, 5.74) is 0. The van der Waals surface area contributed by atoms with Gasteiger partial charge in [0.2, 0.25) is 5.91 Å². The SMILES string of the molecule is CN(C)C(=O)CNCc1ncc[nH]1. The highest BCUT2D eigenvalue weighted by molar-refractivity contribution is 5.77. The van der Waals surface area contributed by atoms with Crippen LogP contribution in [-0.4, -0.2) is 41.4 Å². The number of nitrogens with one attached hydrogen (secondary N) is 2. The van der Waals surface area contributed by atoms with Crippen molar-refractivity contribution in [3.05, 3.63) is 18.2 Å². The first kappa shape index (κ1) is 9.73. The summed E-state index contributed by atoms with van der Waals surface area (Å²) in [7, 11) is 3.47. The third-order valence-corrected chi connectivity index (χ3v) is 1.62. The van der Waals surface area contributed by atoms with E-state index in [0.717, 1.165) is 5.82 Å². The summed E-state index contributed by atoms with van der Waals surface area (Å²) in [4.78, 5) is 19.6. The summed E-state index contributed by atoms with van der Waals surface area (Å²) in [5.74, 6) is 0.901. The summed E-state index contributed by atoms with van der Waals surface area (Å²) in [6.45, 7) is 0.931. The highest BCUT2D eigenvalue weighted by atomic mass is 16.2. The van der Waals surface area contributed by atoms with Crippen LogP contribution in [0, 0.1) is 0 Å². The topological polar surface area (TPSA) is 61.0 Å². The Morgan fingerprint density at radius 1 is 1.69 bits per heavy atom. The predicted octanol–water partition coefficient (Wildman–Crippen LogP) is -0.413.